The SMILES string of the molecule is Cc1sc2ncn(Cc3cc(=O)c(OCC(C)C)c[nH]3)c(=O)c2c1-c1cccs1. The number of aryl methyl sites for hydroxylation is 1. The van der Waals surface area contributed by atoms with Crippen molar-refractivity contribution in [2.75, 3.05) is 6.61 Å². The van der Waals surface area contributed by atoms with Crippen LogP contribution in [0.1, 0.15) is 24.4 Å². The van der Waals surface area contributed by atoms with Gasteiger partial charge in [0.2, 0.25) is 5.43 Å². The molecule has 0 saturated heterocycles. The summed E-state index contributed by atoms with van der Waals surface area (Å²) in [6.45, 7) is 6.77. The summed E-state index contributed by atoms with van der Waals surface area (Å²) < 4.78 is 7.06. The molecule has 0 spiro atoms. The first-order valence-electron chi connectivity index (χ1n) is 9.31. The molecule has 0 bridgehead atoms. The van der Waals surface area contributed by atoms with Crippen LogP contribution in [0.5, 0.6) is 5.75 Å². The summed E-state index contributed by atoms with van der Waals surface area (Å²) in [5, 5.41) is 2.64. The summed E-state index contributed by atoms with van der Waals surface area (Å²) in [4.78, 5) is 35.9. The van der Waals surface area contributed by atoms with E-state index in [1.54, 1.807) is 23.9 Å². The second-order valence-corrected chi connectivity index (χ2v) is 9.41. The van der Waals surface area contributed by atoms with E-state index in [1.165, 1.54) is 22.0 Å². The number of aromatic amines is 1. The molecule has 0 aliphatic heterocycles. The molecule has 0 amide bonds. The minimum atomic E-state index is -0.202. The fourth-order valence-corrected chi connectivity index (χ4v) is 5.01. The number of nitrogens with zero attached hydrogens (tertiary/aromatic N) is 2. The minimum absolute atomic E-state index is 0.108. The molecule has 0 aliphatic carbocycles. The van der Waals surface area contributed by atoms with Crippen molar-refractivity contribution >= 4 is 32.9 Å². The van der Waals surface area contributed by atoms with Crippen LogP contribution in [0.25, 0.3) is 20.7 Å². The quantitative estimate of drug-likeness (QED) is 0.499. The van der Waals surface area contributed by atoms with Crippen molar-refractivity contribution in [3.05, 3.63) is 67.3 Å². The van der Waals surface area contributed by atoms with Gasteiger partial charge in [0.1, 0.15) is 4.83 Å². The first-order chi connectivity index (χ1) is 13.9. The number of thiophene rings is 2. The lowest BCUT2D eigenvalue weighted by atomic mass is 10.1. The molecule has 29 heavy (non-hydrogen) atoms. The van der Waals surface area contributed by atoms with Crippen LogP contribution in [0.2, 0.25) is 0 Å². The van der Waals surface area contributed by atoms with Crippen LogP contribution in [0.15, 0.2) is 45.7 Å². The van der Waals surface area contributed by atoms with Gasteiger partial charge in [-0.2, -0.15) is 0 Å². The smallest absolute Gasteiger partial charge is 0.263 e. The van der Waals surface area contributed by atoms with E-state index in [4.69, 9.17) is 4.74 Å². The Morgan fingerprint density at radius 1 is 1.31 bits per heavy atom. The first kappa shape index (κ1) is 19.6. The molecule has 6 nitrogen and oxygen atoms in total. The third-order valence-electron chi connectivity index (χ3n) is 4.47. The summed E-state index contributed by atoms with van der Waals surface area (Å²) in [7, 11) is 0. The molecule has 0 atom stereocenters. The van der Waals surface area contributed by atoms with Gasteiger partial charge in [0, 0.05) is 33.3 Å². The highest BCUT2D eigenvalue weighted by atomic mass is 32.1. The molecule has 0 saturated carbocycles. The second-order valence-electron chi connectivity index (χ2n) is 7.26. The Kier molecular flexibility index (Phi) is 5.38. The maximum Gasteiger partial charge on any atom is 0.263 e. The van der Waals surface area contributed by atoms with Gasteiger partial charge in [0.25, 0.3) is 5.56 Å². The Labute approximate surface area is 175 Å². The number of aromatic nitrogens is 3. The third-order valence-corrected chi connectivity index (χ3v) is 6.37. The lowest BCUT2D eigenvalue weighted by Gasteiger charge is -2.09. The van der Waals surface area contributed by atoms with E-state index in [1.807, 2.05) is 38.3 Å². The summed E-state index contributed by atoms with van der Waals surface area (Å²) in [6, 6.07) is 5.47. The van der Waals surface area contributed by atoms with Crippen LogP contribution in [-0.4, -0.2) is 21.1 Å². The van der Waals surface area contributed by atoms with Crippen LogP contribution in [0.4, 0.5) is 0 Å². The normalized spacial score (nSPS) is 11.4. The van der Waals surface area contributed by atoms with E-state index >= 15 is 0 Å². The number of pyridine rings is 1. The number of nitrogens with one attached hydrogen (secondary N) is 1. The van der Waals surface area contributed by atoms with Gasteiger partial charge in [-0.25, -0.2) is 4.98 Å². The molecule has 4 rings (SSSR count). The standard InChI is InChI=1S/C21H21N3O3S2/c1-12(2)10-27-16-8-22-14(7-15(16)25)9-24-11-23-20-19(21(24)26)18(13(3)29-20)17-5-4-6-28-17/h4-8,11-12H,9-10H2,1-3H3,(H,22,25). The highest BCUT2D eigenvalue weighted by molar-refractivity contribution is 7.20. The number of hydrogen-bond acceptors (Lipinski definition) is 6. The van der Waals surface area contributed by atoms with Gasteiger partial charge < -0.3 is 9.72 Å². The molecular formula is C21H21N3O3S2. The molecule has 0 unspecified atom stereocenters. The Balaban J connectivity index is 1.70. The Morgan fingerprint density at radius 3 is 2.83 bits per heavy atom. The Bertz CT molecular complexity index is 1270. The Hall–Kier alpha value is -2.71. The van der Waals surface area contributed by atoms with E-state index in [2.05, 4.69) is 9.97 Å². The van der Waals surface area contributed by atoms with E-state index < -0.39 is 0 Å². The molecule has 0 radical (unpaired) electrons. The highest BCUT2D eigenvalue weighted by Gasteiger charge is 2.17. The molecule has 1 N–H and O–H groups in total. The van der Waals surface area contributed by atoms with Crippen molar-refractivity contribution in [2.24, 2.45) is 5.92 Å². The largest absolute Gasteiger partial charge is 0.488 e. The molecule has 4 aromatic rings. The maximum absolute atomic E-state index is 13.2. The predicted molar refractivity (Wildman–Crippen MR) is 118 cm³/mol. The molecule has 0 fully saturated rings. The van der Waals surface area contributed by atoms with Crippen molar-refractivity contribution in [1.29, 1.82) is 0 Å². The first-order valence-corrected chi connectivity index (χ1v) is 11.0. The molecule has 8 heteroatoms. The van der Waals surface area contributed by atoms with Crippen LogP contribution >= 0.6 is 22.7 Å². The molecule has 150 valence electrons. The van der Waals surface area contributed by atoms with E-state index in [0.717, 1.165) is 20.1 Å². The van der Waals surface area contributed by atoms with Crippen molar-refractivity contribution in [2.45, 2.75) is 27.3 Å². The topological polar surface area (TPSA) is 77.0 Å². The average Bonchev–Trinajstić information content (AvgIpc) is 3.30. The van der Waals surface area contributed by atoms with Gasteiger partial charge in [0.05, 0.1) is 24.9 Å². The fourth-order valence-electron chi connectivity index (χ4n) is 3.11. The van der Waals surface area contributed by atoms with Gasteiger partial charge in [-0.1, -0.05) is 19.9 Å². The van der Waals surface area contributed by atoms with E-state index in [9.17, 15) is 9.59 Å². The van der Waals surface area contributed by atoms with Crippen LogP contribution < -0.4 is 15.7 Å². The van der Waals surface area contributed by atoms with Gasteiger partial charge >= 0.3 is 0 Å². The van der Waals surface area contributed by atoms with Crippen molar-refractivity contribution in [1.82, 2.24) is 14.5 Å². The van der Waals surface area contributed by atoms with E-state index in [-0.39, 0.29) is 23.3 Å². The minimum Gasteiger partial charge on any atom is -0.488 e. The maximum atomic E-state index is 13.2. The lowest BCUT2D eigenvalue weighted by molar-refractivity contribution is 0.267. The molecule has 4 heterocycles. The average molecular weight is 428 g/mol. The second kappa shape index (κ2) is 7.96. The van der Waals surface area contributed by atoms with Gasteiger partial charge in [-0.05, 0) is 24.3 Å². The molecule has 0 aromatic carbocycles. The number of ether oxygens (including phenoxy) is 1. The van der Waals surface area contributed by atoms with Gasteiger partial charge in [-0.15, -0.1) is 22.7 Å². The van der Waals surface area contributed by atoms with Crippen LogP contribution in [0, 0.1) is 12.8 Å². The molecular weight excluding hydrogens is 406 g/mol. The molecule has 4 aromatic heterocycles. The number of H-pyrrole nitrogens is 1. The predicted octanol–water partition coefficient (Wildman–Crippen LogP) is 4.27. The van der Waals surface area contributed by atoms with E-state index in [0.29, 0.717) is 23.6 Å². The lowest BCUT2D eigenvalue weighted by Crippen LogP contribution is -2.22. The van der Waals surface area contributed by atoms with Gasteiger partial charge in [0.15, 0.2) is 5.75 Å². The number of hydrogen-bond donors (Lipinski definition) is 1. The Morgan fingerprint density at radius 2 is 2.14 bits per heavy atom. The summed E-state index contributed by atoms with van der Waals surface area (Å²) >= 11 is 3.13. The van der Waals surface area contributed by atoms with Crippen molar-refractivity contribution < 1.29 is 4.74 Å². The monoisotopic (exact) mass is 427 g/mol. The summed E-state index contributed by atoms with van der Waals surface area (Å²) in [5.41, 5.74) is 1.27. The fraction of sp³-hybridized carbons (Fsp3) is 0.286. The highest BCUT2D eigenvalue weighted by Crippen LogP contribution is 2.37. The van der Waals surface area contributed by atoms with Crippen LogP contribution in [-0.2, 0) is 6.54 Å². The zero-order valence-electron chi connectivity index (χ0n) is 16.4. The zero-order chi connectivity index (χ0) is 20.5. The number of rotatable bonds is 6. The summed E-state index contributed by atoms with van der Waals surface area (Å²) in [6.07, 6.45) is 3.10. The van der Waals surface area contributed by atoms with Crippen LogP contribution in [0.3, 0.4) is 0 Å². The van der Waals surface area contributed by atoms with Gasteiger partial charge in [-0.3, -0.25) is 14.2 Å². The van der Waals surface area contributed by atoms with Crippen molar-refractivity contribution in [3.8, 4) is 16.2 Å². The van der Waals surface area contributed by atoms with Crippen molar-refractivity contribution in [3.63, 3.8) is 0 Å². The summed E-state index contributed by atoms with van der Waals surface area (Å²) in [5.74, 6) is 0.619. The zero-order valence-corrected chi connectivity index (χ0v) is 18.0. The third kappa shape index (κ3) is 3.90. The molecule has 0 aliphatic rings. The number of fused-ring (bicyclic) bond motifs is 1.